The molecule has 33 heteroatoms. The zero-order valence-electron chi connectivity index (χ0n) is 67.2. The van der Waals surface area contributed by atoms with E-state index in [1.807, 2.05) is 97.1 Å². The number of benzene rings is 6. The molecule has 0 spiro atoms. The minimum absolute atomic E-state index is 0.0449. The van der Waals surface area contributed by atoms with Gasteiger partial charge < -0.3 is 118 Å². The summed E-state index contributed by atoms with van der Waals surface area (Å²) in [5.41, 5.74) is 14.3. The average molecular weight is 1650 g/mol. The Hall–Kier alpha value is -8.82. The van der Waals surface area contributed by atoms with Crippen molar-refractivity contribution in [3.8, 4) is 0 Å². The first-order valence-corrected chi connectivity index (χ1v) is 38.5. The first-order chi connectivity index (χ1) is 57.5. The van der Waals surface area contributed by atoms with Crippen molar-refractivity contribution >= 4 is 29.8 Å². The molecule has 6 aromatic carbocycles. The molecular weight excluding hydrogens is 1540 g/mol. The molecular formula is C85H103N3O30. The second-order valence-electron chi connectivity index (χ2n) is 28.2. The summed E-state index contributed by atoms with van der Waals surface area (Å²) in [5.74, 6) is -4.41. The molecule has 6 aromatic rings. The van der Waals surface area contributed by atoms with Gasteiger partial charge in [0.25, 0.3) is 0 Å². The topological polar surface area (TPSA) is 365 Å². The third-order valence-electron chi connectivity index (χ3n) is 20.4. The van der Waals surface area contributed by atoms with Gasteiger partial charge in [0.1, 0.15) is 124 Å². The van der Waals surface area contributed by atoms with Gasteiger partial charge in [0.2, 0.25) is 0 Å². The molecule has 11 rings (SSSR count). The van der Waals surface area contributed by atoms with E-state index in [9.17, 15) is 19.9 Å². The number of nitrogens with zero attached hydrogens (tertiary/aromatic N) is 3. The molecule has 0 saturated carbocycles. The number of hydrogen-bond donors (Lipinski definition) is 0. The highest BCUT2D eigenvalue weighted by Gasteiger charge is 2.62. The second-order valence-corrected chi connectivity index (χ2v) is 28.2. The van der Waals surface area contributed by atoms with Crippen molar-refractivity contribution < 1.29 is 142 Å². The summed E-state index contributed by atoms with van der Waals surface area (Å²) in [5, 5.41) is 4.00. The third kappa shape index (κ3) is 23.8. The van der Waals surface area contributed by atoms with Crippen LogP contribution >= 0.6 is 0 Å². The maximum atomic E-state index is 15.6. The van der Waals surface area contributed by atoms with Gasteiger partial charge >= 0.3 is 29.8 Å². The van der Waals surface area contributed by atoms with E-state index in [0.29, 0.717) is 16.7 Å². The van der Waals surface area contributed by atoms with Crippen molar-refractivity contribution in [1.29, 1.82) is 0 Å². The fourth-order valence-corrected chi connectivity index (χ4v) is 14.8. The van der Waals surface area contributed by atoms with E-state index >= 15 is 9.59 Å². The first-order valence-electron chi connectivity index (χ1n) is 38.5. The lowest BCUT2D eigenvalue weighted by molar-refractivity contribution is -0.394. The van der Waals surface area contributed by atoms with Crippen LogP contribution in [0.3, 0.4) is 0 Å². The van der Waals surface area contributed by atoms with E-state index in [4.69, 9.17) is 118 Å². The van der Waals surface area contributed by atoms with Crippen LogP contribution in [0.25, 0.3) is 10.4 Å². The summed E-state index contributed by atoms with van der Waals surface area (Å²) in [6, 6.07) is 53.7. The van der Waals surface area contributed by atoms with E-state index in [1.54, 1.807) is 84.9 Å². The summed E-state index contributed by atoms with van der Waals surface area (Å²) in [6.07, 6.45) is -35.1. The largest absolute Gasteiger partial charge is 0.463 e. The van der Waals surface area contributed by atoms with Crippen LogP contribution in [0, 0.1) is 0 Å². The second kappa shape index (κ2) is 45.5. The fraction of sp³-hybridized carbons (Fsp3) is 0.518. The lowest BCUT2D eigenvalue weighted by Gasteiger charge is -2.51. The van der Waals surface area contributed by atoms with Crippen LogP contribution in [-0.2, 0) is 182 Å². The Morgan fingerprint density at radius 2 is 0.644 bits per heavy atom. The van der Waals surface area contributed by atoms with Crippen LogP contribution in [0.1, 0.15) is 54.2 Å². The first kappa shape index (κ1) is 90.0. The number of azide groups is 1. The molecule has 0 bridgehead atoms. The van der Waals surface area contributed by atoms with E-state index < -0.39 is 190 Å². The van der Waals surface area contributed by atoms with Gasteiger partial charge in [0, 0.05) is 75.5 Å². The van der Waals surface area contributed by atoms with Gasteiger partial charge in [0.15, 0.2) is 49.8 Å². The minimum atomic E-state index is -1.90. The molecule has 118 heavy (non-hydrogen) atoms. The van der Waals surface area contributed by atoms with Crippen molar-refractivity contribution in [1.82, 2.24) is 0 Å². The minimum Gasteiger partial charge on any atom is -0.463 e. The van der Waals surface area contributed by atoms with Crippen molar-refractivity contribution in [2.75, 3.05) is 69.6 Å². The maximum absolute atomic E-state index is 15.6. The Labute approximate surface area is 683 Å². The van der Waals surface area contributed by atoms with Gasteiger partial charge in [-0.15, -0.1) is 0 Å². The Bertz CT molecular complexity index is 4080. The molecule has 5 aliphatic rings. The summed E-state index contributed by atoms with van der Waals surface area (Å²) < 4.78 is 162. The maximum Gasteiger partial charge on any atom is 0.338 e. The Morgan fingerprint density at radius 3 is 1.03 bits per heavy atom. The van der Waals surface area contributed by atoms with Crippen LogP contribution in [0.5, 0.6) is 0 Å². The molecule has 25 atom stereocenters. The summed E-state index contributed by atoms with van der Waals surface area (Å²) in [4.78, 5) is 73.5. The normalized spacial score (nSPS) is 30.8. The van der Waals surface area contributed by atoms with Crippen molar-refractivity contribution in [3.63, 3.8) is 0 Å². The molecule has 33 nitrogen and oxygen atoms in total. The highest BCUT2D eigenvalue weighted by atomic mass is 16.8. The van der Waals surface area contributed by atoms with E-state index in [-0.39, 0.29) is 52.9 Å². The van der Waals surface area contributed by atoms with E-state index in [0.717, 1.165) is 30.5 Å². The molecule has 0 N–H and O–H groups in total. The molecule has 10 unspecified atom stereocenters. The van der Waals surface area contributed by atoms with Crippen LogP contribution < -0.4 is 0 Å². The lowest BCUT2D eigenvalue weighted by atomic mass is 9.94. The Morgan fingerprint density at radius 1 is 0.314 bits per heavy atom. The molecule has 5 aliphatic heterocycles. The number of carbonyl (C=O) groups excluding carboxylic acids is 5. The Kier molecular flexibility index (Phi) is 34.7. The Balaban J connectivity index is 0.980. The van der Waals surface area contributed by atoms with Crippen LogP contribution in [0.15, 0.2) is 187 Å². The monoisotopic (exact) mass is 1650 g/mol. The smallest absolute Gasteiger partial charge is 0.338 e. The zero-order valence-corrected chi connectivity index (χ0v) is 67.2. The number of hydrogen-bond acceptors (Lipinski definition) is 31. The number of methoxy groups -OCH3 is 7. The summed E-state index contributed by atoms with van der Waals surface area (Å²) >= 11 is 0. The number of carbonyl (C=O) groups is 5. The molecule has 0 aliphatic carbocycles. The predicted molar refractivity (Wildman–Crippen MR) is 410 cm³/mol. The molecule has 0 aromatic heterocycles. The van der Waals surface area contributed by atoms with E-state index in [2.05, 4.69) is 10.0 Å². The fourth-order valence-electron chi connectivity index (χ4n) is 14.8. The number of esters is 5. The van der Waals surface area contributed by atoms with Crippen molar-refractivity contribution in [2.45, 2.75) is 214 Å². The number of ether oxygens (including phenoxy) is 25. The molecule has 5 fully saturated rings. The SMILES string of the molecule is COC1C(OC)[C@H](O[C@H]2O[C@@H](COC(C)=O)[C@@H](O[C@@H]3OC(C(=O)OCc4ccccc4)[C@@H](O[C@@H]4OC(COC(C)=O)[C@H](OC)[C@H](OC)C4N=[N+]=[N-])[C@H](OC)C3OC)C(OC(C)=O)C2OCc2ccccc2)[C@H](C(=O)OCc2ccccc2)O[C@@H]1O[C@@H]1C(COCc2ccccc2)O[C@H](OC)C(OCc2ccccc2)[C@H]1OCc1ccccc1. The van der Waals surface area contributed by atoms with Gasteiger partial charge in [0.05, 0.1) is 39.1 Å². The highest BCUT2D eigenvalue weighted by Crippen LogP contribution is 2.42. The van der Waals surface area contributed by atoms with Gasteiger partial charge in [-0.2, -0.15) is 0 Å². The van der Waals surface area contributed by atoms with Crippen LogP contribution in [-0.4, -0.2) is 253 Å². The van der Waals surface area contributed by atoms with Gasteiger partial charge in [-0.25, -0.2) is 9.59 Å². The zero-order chi connectivity index (χ0) is 83.5. The van der Waals surface area contributed by atoms with Crippen molar-refractivity contribution in [3.05, 3.63) is 226 Å². The third-order valence-corrected chi connectivity index (χ3v) is 20.4. The van der Waals surface area contributed by atoms with Crippen LogP contribution in [0.2, 0.25) is 0 Å². The lowest BCUT2D eigenvalue weighted by Crippen LogP contribution is -2.69. The quantitative estimate of drug-likeness (QED) is 0.0115. The van der Waals surface area contributed by atoms with Crippen LogP contribution in [0.4, 0.5) is 0 Å². The molecule has 638 valence electrons. The molecule has 0 radical (unpaired) electrons. The highest BCUT2D eigenvalue weighted by molar-refractivity contribution is 5.76. The molecule has 5 saturated heterocycles. The summed E-state index contributed by atoms with van der Waals surface area (Å²) in [7, 11) is 9.49. The predicted octanol–water partition coefficient (Wildman–Crippen LogP) is 8.08. The summed E-state index contributed by atoms with van der Waals surface area (Å²) in [6.45, 7) is 1.78. The molecule has 0 amide bonds. The van der Waals surface area contributed by atoms with Gasteiger partial charge in [-0.1, -0.05) is 187 Å². The standard InChI is InChI=1S/C85H103N3O30/c1-50(89)102-48-60-63(94-4)66(95-5)62(87-88-86)81(110-60)115-71-67(96-6)75(98-8)84(117-73(71)79(92)107-45-57-37-25-15-26-38-57)114-65-61(49-103-51(2)90)112-85(78(70(65)109-52(3)91)106-44-56-35-23-14-24-36-56)116-72-68(97-7)76(99-9)83(118-74(72)80(93)108-46-58-39-27-16-28-40-58)113-64-59(47-101-41-53-29-17-11-18-30-53)111-82(100-10)77(105-43-55-33-21-13-22-34-55)69(64)104-42-54-31-19-12-20-32-54/h11-40,59-78,81-85H,41-49H2,1-10H3/t59?,60?,61-,62?,63-,64+,65+,66+,67-,68?,69-,70?,71-,72-,73?,74+,75?,76?,77?,78?,81-,82-,83-,84+,85+/m0/s1. The van der Waals surface area contributed by atoms with Gasteiger partial charge in [-0.05, 0) is 38.9 Å². The number of rotatable bonds is 40. The van der Waals surface area contributed by atoms with Crippen molar-refractivity contribution in [2.24, 2.45) is 5.11 Å². The van der Waals surface area contributed by atoms with E-state index in [1.165, 1.54) is 56.7 Å². The molecule has 5 heterocycles. The van der Waals surface area contributed by atoms with Gasteiger partial charge in [-0.3, -0.25) is 14.4 Å². The average Bonchev–Trinajstić information content (AvgIpc) is 0.756.